The van der Waals surface area contributed by atoms with Gasteiger partial charge in [0.2, 0.25) is 0 Å². The molecule has 100 valence electrons. The van der Waals surface area contributed by atoms with Crippen molar-refractivity contribution in [2.75, 3.05) is 19.1 Å². The highest BCUT2D eigenvalue weighted by atomic mass is 19.1. The number of ether oxygens (including phenoxy) is 1. The van der Waals surface area contributed by atoms with Gasteiger partial charge in [0.25, 0.3) is 5.91 Å². The van der Waals surface area contributed by atoms with Gasteiger partial charge in [-0.3, -0.25) is 10.6 Å². The first kappa shape index (κ1) is 14.4. The number of methoxy groups -OCH3 is 1. The number of carbonyl (C=O) groups is 1. The Morgan fingerprint density at radius 3 is 2.89 bits per heavy atom. The molecule has 0 heterocycles. The van der Waals surface area contributed by atoms with E-state index in [-0.39, 0.29) is 23.2 Å². The maximum Gasteiger partial charge on any atom is 0.253 e. The number of para-hydroxylation sites is 1. The van der Waals surface area contributed by atoms with Crippen LogP contribution in [0.4, 0.5) is 10.1 Å². The highest BCUT2D eigenvalue weighted by Gasteiger charge is 2.15. The molecule has 0 saturated heterocycles. The zero-order valence-electron chi connectivity index (χ0n) is 10.5. The van der Waals surface area contributed by atoms with E-state index in [0.29, 0.717) is 13.0 Å². The predicted molar refractivity (Wildman–Crippen MR) is 67.6 cm³/mol. The van der Waals surface area contributed by atoms with Crippen LogP contribution in [0.25, 0.3) is 0 Å². The summed E-state index contributed by atoms with van der Waals surface area (Å²) in [6, 6.07) is 4.15. The molecule has 0 aliphatic carbocycles. The first-order valence-electron chi connectivity index (χ1n) is 5.65. The SMILES string of the molecule is COCCC(C)NC(=O)c1cccc(F)c1NN. The van der Waals surface area contributed by atoms with Crippen molar-refractivity contribution in [1.82, 2.24) is 5.32 Å². The fraction of sp³-hybridized carbons (Fsp3) is 0.417. The molecule has 1 amide bonds. The van der Waals surface area contributed by atoms with Gasteiger partial charge in [0, 0.05) is 19.8 Å². The highest BCUT2D eigenvalue weighted by Crippen LogP contribution is 2.18. The van der Waals surface area contributed by atoms with E-state index >= 15 is 0 Å². The number of hydrazine groups is 1. The number of nitrogens with two attached hydrogens (primary N) is 1. The van der Waals surface area contributed by atoms with Crippen LogP contribution in [0.15, 0.2) is 18.2 Å². The van der Waals surface area contributed by atoms with Crippen molar-refractivity contribution in [2.24, 2.45) is 5.84 Å². The van der Waals surface area contributed by atoms with Crippen LogP contribution in [0.2, 0.25) is 0 Å². The number of benzene rings is 1. The number of rotatable bonds is 6. The Hall–Kier alpha value is -1.66. The second-order valence-corrected chi connectivity index (χ2v) is 3.96. The molecule has 1 rings (SSSR count). The average Bonchev–Trinajstić information content (AvgIpc) is 2.35. The second-order valence-electron chi connectivity index (χ2n) is 3.96. The molecule has 1 aromatic rings. The van der Waals surface area contributed by atoms with Crippen LogP contribution < -0.4 is 16.6 Å². The lowest BCUT2D eigenvalue weighted by molar-refractivity contribution is 0.0930. The molecule has 0 spiro atoms. The number of anilines is 1. The van der Waals surface area contributed by atoms with E-state index in [4.69, 9.17) is 10.6 Å². The van der Waals surface area contributed by atoms with Gasteiger partial charge < -0.3 is 15.5 Å². The molecule has 0 aliphatic rings. The minimum Gasteiger partial charge on any atom is -0.385 e. The van der Waals surface area contributed by atoms with E-state index in [9.17, 15) is 9.18 Å². The second kappa shape index (κ2) is 6.93. The molecular formula is C12H18FN3O2. The molecule has 6 heteroatoms. The number of nitrogens with one attached hydrogen (secondary N) is 2. The highest BCUT2D eigenvalue weighted by molar-refractivity contribution is 5.99. The Kier molecular flexibility index (Phi) is 5.54. The third-order valence-corrected chi connectivity index (χ3v) is 2.54. The number of carbonyl (C=O) groups excluding carboxylic acids is 1. The largest absolute Gasteiger partial charge is 0.385 e. The summed E-state index contributed by atoms with van der Waals surface area (Å²) in [5.74, 6) is 4.28. The molecule has 5 nitrogen and oxygen atoms in total. The number of hydrogen-bond acceptors (Lipinski definition) is 4. The Labute approximate surface area is 105 Å². The Bertz CT molecular complexity index is 412. The fourth-order valence-corrected chi connectivity index (χ4v) is 1.53. The monoisotopic (exact) mass is 255 g/mol. The minimum atomic E-state index is -0.560. The van der Waals surface area contributed by atoms with Crippen LogP contribution in [0.1, 0.15) is 23.7 Å². The Morgan fingerprint density at radius 1 is 1.56 bits per heavy atom. The molecule has 18 heavy (non-hydrogen) atoms. The Morgan fingerprint density at radius 2 is 2.28 bits per heavy atom. The van der Waals surface area contributed by atoms with Crippen LogP contribution in [0.3, 0.4) is 0 Å². The minimum absolute atomic E-state index is 0.00561. The van der Waals surface area contributed by atoms with Gasteiger partial charge in [-0.15, -0.1) is 0 Å². The summed E-state index contributed by atoms with van der Waals surface area (Å²) < 4.78 is 18.3. The maximum atomic E-state index is 13.4. The normalized spacial score (nSPS) is 12.0. The van der Waals surface area contributed by atoms with E-state index in [1.165, 1.54) is 18.2 Å². The lowest BCUT2D eigenvalue weighted by Gasteiger charge is -2.15. The van der Waals surface area contributed by atoms with E-state index in [2.05, 4.69) is 10.7 Å². The zero-order valence-corrected chi connectivity index (χ0v) is 10.5. The third kappa shape index (κ3) is 3.68. The average molecular weight is 255 g/mol. The van der Waals surface area contributed by atoms with Crippen LogP contribution >= 0.6 is 0 Å². The van der Waals surface area contributed by atoms with Gasteiger partial charge in [0.05, 0.1) is 11.3 Å². The topological polar surface area (TPSA) is 76.4 Å². The van der Waals surface area contributed by atoms with Crippen LogP contribution in [-0.2, 0) is 4.74 Å². The summed E-state index contributed by atoms with van der Waals surface area (Å²) in [6.45, 7) is 2.40. The van der Waals surface area contributed by atoms with Gasteiger partial charge in [0.15, 0.2) is 0 Å². The molecule has 1 atom stereocenters. The number of halogens is 1. The Balaban J connectivity index is 2.75. The van der Waals surface area contributed by atoms with E-state index in [0.717, 1.165) is 0 Å². The van der Waals surface area contributed by atoms with Gasteiger partial charge in [-0.2, -0.15) is 0 Å². The lowest BCUT2D eigenvalue weighted by Crippen LogP contribution is -2.34. The van der Waals surface area contributed by atoms with Crippen LogP contribution in [0, 0.1) is 5.82 Å². The molecule has 1 aromatic carbocycles. The molecule has 0 radical (unpaired) electrons. The van der Waals surface area contributed by atoms with Crippen molar-refractivity contribution in [3.8, 4) is 0 Å². The van der Waals surface area contributed by atoms with Gasteiger partial charge in [-0.1, -0.05) is 6.07 Å². The van der Waals surface area contributed by atoms with Gasteiger partial charge in [-0.25, -0.2) is 4.39 Å². The molecule has 1 unspecified atom stereocenters. The summed E-state index contributed by atoms with van der Waals surface area (Å²) >= 11 is 0. The van der Waals surface area contributed by atoms with Crippen molar-refractivity contribution < 1.29 is 13.9 Å². The van der Waals surface area contributed by atoms with Crippen molar-refractivity contribution >= 4 is 11.6 Å². The molecule has 0 aliphatic heterocycles. The zero-order chi connectivity index (χ0) is 13.5. The summed E-state index contributed by atoms with van der Waals surface area (Å²) in [5.41, 5.74) is 2.38. The number of nitrogen functional groups attached to an aromatic ring is 1. The van der Waals surface area contributed by atoms with Gasteiger partial charge >= 0.3 is 0 Å². The quantitative estimate of drug-likeness (QED) is 0.528. The van der Waals surface area contributed by atoms with Crippen molar-refractivity contribution in [3.05, 3.63) is 29.6 Å². The predicted octanol–water partition coefficient (Wildman–Crippen LogP) is 1.27. The van der Waals surface area contributed by atoms with Crippen LogP contribution in [0.5, 0.6) is 0 Å². The molecule has 0 saturated carbocycles. The summed E-state index contributed by atoms with van der Waals surface area (Å²) in [7, 11) is 1.59. The molecule has 0 fully saturated rings. The number of amides is 1. The van der Waals surface area contributed by atoms with Crippen LogP contribution in [-0.4, -0.2) is 25.7 Å². The van der Waals surface area contributed by atoms with Crippen molar-refractivity contribution in [2.45, 2.75) is 19.4 Å². The standard InChI is InChI=1S/C12H18FN3O2/c1-8(6-7-18-2)15-12(17)9-4-3-5-10(13)11(9)16-14/h3-5,8,16H,6-7,14H2,1-2H3,(H,15,17). The third-order valence-electron chi connectivity index (χ3n) is 2.54. The summed E-state index contributed by atoms with van der Waals surface area (Å²) in [5, 5.41) is 2.75. The molecular weight excluding hydrogens is 237 g/mol. The lowest BCUT2D eigenvalue weighted by atomic mass is 10.1. The smallest absolute Gasteiger partial charge is 0.253 e. The fourth-order valence-electron chi connectivity index (χ4n) is 1.53. The summed E-state index contributed by atoms with van der Waals surface area (Å²) in [6.07, 6.45) is 0.683. The van der Waals surface area contributed by atoms with E-state index in [1.807, 2.05) is 6.92 Å². The van der Waals surface area contributed by atoms with E-state index < -0.39 is 5.82 Å². The van der Waals surface area contributed by atoms with Crippen molar-refractivity contribution in [1.29, 1.82) is 0 Å². The molecule has 4 N–H and O–H groups in total. The number of hydrogen-bond donors (Lipinski definition) is 3. The van der Waals surface area contributed by atoms with Gasteiger partial charge in [0.1, 0.15) is 5.82 Å². The van der Waals surface area contributed by atoms with Crippen molar-refractivity contribution in [3.63, 3.8) is 0 Å². The van der Waals surface area contributed by atoms with Gasteiger partial charge in [-0.05, 0) is 25.5 Å². The molecule has 0 bridgehead atoms. The maximum absolute atomic E-state index is 13.4. The summed E-state index contributed by atoms with van der Waals surface area (Å²) in [4.78, 5) is 11.9. The first-order valence-corrected chi connectivity index (χ1v) is 5.65. The molecule has 0 aromatic heterocycles. The first-order chi connectivity index (χ1) is 8.60. The van der Waals surface area contributed by atoms with E-state index in [1.54, 1.807) is 7.11 Å².